The molecule has 4 heteroatoms. The molecule has 1 N–H and O–H groups in total. The standard InChI is InChI=1S/C19H22ClNOS/c1-2-3-4-5-10-19(22)21-17-8-6-7-9-18(17)23-16-13-11-15(20)12-14-16/h6-9,11-14H,2-5,10H2,1H3,(H,21,22). The third kappa shape index (κ3) is 6.28. The van der Waals surface area contributed by atoms with Crippen molar-refractivity contribution in [2.45, 2.75) is 48.8 Å². The van der Waals surface area contributed by atoms with E-state index in [0.717, 1.165) is 33.3 Å². The van der Waals surface area contributed by atoms with Gasteiger partial charge in [-0.3, -0.25) is 4.79 Å². The summed E-state index contributed by atoms with van der Waals surface area (Å²) in [6.45, 7) is 2.17. The van der Waals surface area contributed by atoms with Crippen LogP contribution in [0.2, 0.25) is 5.02 Å². The first-order valence-electron chi connectivity index (χ1n) is 8.01. The molecule has 0 saturated carbocycles. The number of hydrogen-bond donors (Lipinski definition) is 1. The number of anilines is 1. The van der Waals surface area contributed by atoms with Gasteiger partial charge >= 0.3 is 0 Å². The van der Waals surface area contributed by atoms with Crippen LogP contribution in [0.25, 0.3) is 0 Å². The number of halogens is 1. The van der Waals surface area contributed by atoms with Crippen LogP contribution in [0.3, 0.4) is 0 Å². The number of benzene rings is 2. The zero-order chi connectivity index (χ0) is 16.5. The number of amides is 1. The van der Waals surface area contributed by atoms with Crippen LogP contribution < -0.4 is 5.32 Å². The van der Waals surface area contributed by atoms with Gasteiger partial charge in [-0.05, 0) is 42.8 Å². The van der Waals surface area contributed by atoms with Crippen LogP contribution in [-0.2, 0) is 4.79 Å². The van der Waals surface area contributed by atoms with Crippen molar-refractivity contribution in [2.24, 2.45) is 0 Å². The Kier molecular flexibility index (Phi) is 7.50. The summed E-state index contributed by atoms with van der Waals surface area (Å²) < 4.78 is 0. The number of para-hydroxylation sites is 1. The van der Waals surface area contributed by atoms with E-state index >= 15 is 0 Å². The van der Waals surface area contributed by atoms with Crippen LogP contribution in [-0.4, -0.2) is 5.91 Å². The molecule has 0 saturated heterocycles. The Morgan fingerprint density at radius 2 is 1.78 bits per heavy atom. The van der Waals surface area contributed by atoms with Gasteiger partial charge < -0.3 is 5.32 Å². The van der Waals surface area contributed by atoms with E-state index in [-0.39, 0.29) is 5.91 Å². The van der Waals surface area contributed by atoms with E-state index in [1.165, 1.54) is 12.8 Å². The summed E-state index contributed by atoms with van der Waals surface area (Å²) in [7, 11) is 0. The second-order valence-corrected chi connectivity index (χ2v) is 6.96. The molecule has 0 spiro atoms. The number of unbranched alkanes of at least 4 members (excludes halogenated alkanes) is 3. The molecule has 1 amide bonds. The maximum atomic E-state index is 12.1. The average Bonchev–Trinajstić information content (AvgIpc) is 2.55. The summed E-state index contributed by atoms with van der Waals surface area (Å²) >= 11 is 7.54. The smallest absolute Gasteiger partial charge is 0.224 e. The second-order valence-electron chi connectivity index (χ2n) is 5.41. The van der Waals surface area contributed by atoms with Gasteiger partial charge in [0.1, 0.15) is 0 Å². The molecule has 0 radical (unpaired) electrons. The molecule has 0 aliphatic heterocycles. The quantitative estimate of drug-likeness (QED) is 0.560. The summed E-state index contributed by atoms with van der Waals surface area (Å²) in [5, 5.41) is 3.76. The van der Waals surface area contributed by atoms with Crippen LogP contribution in [0.4, 0.5) is 5.69 Å². The predicted octanol–water partition coefficient (Wildman–Crippen LogP) is 6.40. The lowest BCUT2D eigenvalue weighted by molar-refractivity contribution is -0.116. The minimum atomic E-state index is 0.0882. The van der Waals surface area contributed by atoms with Crippen molar-refractivity contribution in [2.75, 3.05) is 5.32 Å². The minimum Gasteiger partial charge on any atom is -0.325 e. The monoisotopic (exact) mass is 347 g/mol. The largest absolute Gasteiger partial charge is 0.325 e. The number of carbonyl (C=O) groups is 1. The molecule has 0 heterocycles. The third-order valence-corrected chi connectivity index (χ3v) is 4.80. The van der Waals surface area contributed by atoms with E-state index < -0.39 is 0 Å². The van der Waals surface area contributed by atoms with Crippen molar-refractivity contribution >= 4 is 35.0 Å². The molecule has 2 aromatic rings. The van der Waals surface area contributed by atoms with Crippen molar-refractivity contribution in [1.29, 1.82) is 0 Å². The first kappa shape index (κ1) is 17.9. The van der Waals surface area contributed by atoms with Crippen LogP contribution in [0.1, 0.15) is 39.0 Å². The highest BCUT2D eigenvalue weighted by molar-refractivity contribution is 7.99. The molecule has 2 rings (SSSR count). The molecule has 23 heavy (non-hydrogen) atoms. The van der Waals surface area contributed by atoms with Gasteiger partial charge in [0.15, 0.2) is 0 Å². The molecule has 0 bridgehead atoms. The minimum absolute atomic E-state index is 0.0882. The topological polar surface area (TPSA) is 29.1 Å². The number of carbonyl (C=O) groups excluding carboxylic acids is 1. The van der Waals surface area contributed by atoms with E-state index in [2.05, 4.69) is 12.2 Å². The Hall–Kier alpha value is -1.45. The fourth-order valence-electron chi connectivity index (χ4n) is 2.21. The summed E-state index contributed by atoms with van der Waals surface area (Å²) in [5.41, 5.74) is 0.868. The second kappa shape index (κ2) is 9.64. The van der Waals surface area contributed by atoms with Gasteiger partial charge in [0.25, 0.3) is 0 Å². The van der Waals surface area contributed by atoms with Gasteiger partial charge in [0, 0.05) is 21.2 Å². The Bertz CT molecular complexity index is 628. The first-order valence-corrected chi connectivity index (χ1v) is 9.21. The van der Waals surface area contributed by atoms with Gasteiger partial charge in [0.05, 0.1) is 5.69 Å². The summed E-state index contributed by atoms with van der Waals surface area (Å²) in [6, 6.07) is 15.6. The normalized spacial score (nSPS) is 10.5. The molecule has 0 aliphatic carbocycles. The summed E-state index contributed by atoms with van der Waals surface area (Å²) in [6.07, 6.45) is 5.02. The highest BCUT2D eigenvalue weighted by atomic mass is 35.5. The molecule has 0 aliphatic rings. The number of nitrogens with one attached hydrogen (secondary N) is 1. The maximum absolute atomic E-state index is 12.1. The number of rotatable bonds is 8. The zero-order valence-electron chi connectivity index (χ0n) is 13.3. The molecule has 0 fully saturated rings. The van der Waals surface area contributed by atoms with Gasteiger partial charge in [-0.15, -0.1) is 0 Å². The summed E-state index contributed by atoms with van der Waals surface area (Å²) in [5.74, 6) is 0.0882. The Morgan fingerprint density at radius 1 is 1.04 bits per heavy atom. The molecule has 0 aromatic heterocycles. The van der Waals surface area contributed by atoms with Gasteiger partial charge in [-0.1, -0.05) is 61.7 Å². The molecule has 122 valence electrons. The van der Waals surface area contributed by atoms with Crippen LogP contribution >= 0.6 is 23.4 Å². The molecular weight excluding hydrogens is 326 g/mol. The van der Waals surface area contributed by atoms with Crippen LogP contribution in [0.5, 0.6) is 0 Å². The third-order valence-electron chi connectivity index (χ3n) is 3.46. The highest BCUT2D eigenvalue weighted by Crippen LogP contribution is 2.33. The van der Waals surface area contributed by atoms with Crippen LogP contribution in [0.15, 0.2) is 58.3 Å². The molecule has 0 unspecified atom stereocenters. The fourth-order valence-corrected chi connectivity index (χ4v) is 3.24. The lowest BCUT2D eigenvalue weighted by atomic mass is 10.1. The number of hydrogen-bond acceptors (Lipinski definition) is 2. The van der Waals surface area contributed by atoms with E-state index in [1.54, 1.807) is 11.8 Å². The van der Waals surface area contributed by atoms with E-state index in [9.17, 15) is 4.79 Å². The average molecular weight is 348 g/mol. The van der Waals surface area contributed by atoms with E-state index in [0.29, 0.717) is 6.42 Å². The van der Waals surface area contributed by atoms with E-state index in [1.807, 2.05) is 48.5 Å². The van der Waals surface area contributed by atoms with Gasteiger partial charge in [-0.25, -0.2) is 0 Å². The first-order chi connectivity index (χ1) is 11.2. The van der Waals surface area contributed by atoms with Crippen molar-refractivity contribution in [1.82, 2.24) is 0 Å². The SMILES string of the molecule is CCCCCCC(=O)Nc1ccccc1Sc1ccc(Cl)cc1. The van der Waals surface area contributed by atoms with Crippen molar-refractivity contribution in [3.63, 3.8) is 0 Å². The lowest BCUT2D eigenvalue weighted by Gasteiger charge is -2.11. The highest BCUT2D eigenvalue weighted by Gasteiger charge is 2.08. The Labute approximate surface area is 147 Å². The van der Waals surface area contributed by atoms with Crippen molar-refractivity contribution in [3.05, 3.63) is 53.6 Å². The molecular formula is C19H22ClNOS. The Morgan fingerprint density at radius 3 is 2.52 bits per heavy atom. The Balaban J connectivity index is 1.97. The van der Waals surface area contributed by atoms with Crippen molar-refractivity contribution < 1.29 is 4.79 Å². The predicted molar refractivity (Wildman–Crippen MR) is 99.4 cm³/mol. The molecule has 2 nitrogen and oxygen atoms in total. The lowest BCUT2D eigenvalue weighted by Crippen LogP contribution is -2.11. The zero-order valence-corrected chi connectivity index (χ0v) is 14.9. The molecule has 2 aromatic carbocycles. The van der Waals surface area contributed by atoms with Gasteiger partial charge in [0.2, 0.25) is 5.91 Å². The van der Waals surface area contributed by atoms with E-state index in [4.69, 9.17) is 11.6 Å². The molecule has 0 atom stereocenters. The van der Waals surface area contributed by atoms with Crippen molar-refractivity contribution in [3.8, 4) is 0 Å². The van der Waals surface area contributed by atoms with Gasteiger partial charge in [-0.2, -0.15) is 0 Å². The maximum Gasteiger partial charge on any atom is 0.224 e. The fraction of sp³-hybridized carbons (Fsp3) is 0.316. The summed E-state index contributed by atoms with van der Waals surface area (Å²) in [4.78, 5) is 14.2. The van der Waals surface area contributed by atoms with Crippen LogP contribution in [0, 0.1) is 0 Å².